The van der Waals surface area contributed by atoms with Gasteiger partial charge in [0.15, 0.2) is 5.11 Å². The number of carbonyl (C=O) groups is 1. The first-order valence-corrected chi connectivity index (χ1v) is 9.41. The molecule has 0 heterocycles. The van der Waals surface area contributed by atoms with Gasteiger partial charge in [-0.25, -0.2) is 4.39 Å². The molecule has 3 rings (SSSR count). The molecule has 148 valence electrons. The highest BCUT2D eigenvalue weighted by Gasteiger charge is 2.10. The fourth-order valence-corrected chi connectivity index (χ4v) is 2.73. The van der Waals surface area contributed by atoms with Crippen LogP contribution in [-0.4, -0.2) is 24.2 Å². The molecule has 1 amide bonds. The van der Waals surface area contributed by atoms with Crippen LogP contribution in [0.15, 0.2) is 78.9 Å². The Morgan fingerprint density at radius 2 is 1.48 bits per heavy atom. The van der Waals surface area contributed by atoms with Gasteiger partial charge in [0, 0.05) is 11.4 Å². The second-order valence-corrected chi connectivity index (χ2v) is 6.46. The molecule has 0 spiro atoms. The number of ether oxygens (including phenoxy) is 1. The van der Waals surface area contributed by atoms with E-state index in [0.29, 0.717) is 24.0 Å². The molecule has 7 heteroatoms. The number of thiocarbonyl (C=S) groups is 1. The Morgan fingerprint density at radius 1 is 0.862 bits per heavy atom. The van der Waals surface area contributed by atoms with Crippen LogP contribution in [-0.2, 0) is 0 Å². The van der Waals surface area contributed by atoms with Crippen molar-refractivity contribution in [2.75, 3.05) is 23.8 Å². The SMILES string of the molecule is O=C(Nc1ccc(NC(=S)NCCOc2ccccc2)cc1)c1ccccc1F. The lowest BCUT2D eigenvalue weighted by molar-refractivity contribution is 0.102. The van der Waals surface area contributed by atoms with Crippen molar-refractivity contribution in [1.29, 1.82) is 0 Å². The Hall–Kier alpha value is -3.45. The number of anilines is 2. The van der Waals surface area contributed by atoms with E-state index in [4.69, 9.17) is 17.0 Å². The van der Waals surface area contributed by atoms with Gasteiger partial charge >= 0.3 is 0 Å². The zero-order chi connectivity index (χ0) is 20.5. The molecule has 0 fully saturated rings. The van der Waals surface area contributed by atoms with Crippen LogP contribution in [0.1, 0.15) is 10.4 Å². The fraction of sp³-hybridized carbons (Fsp3) is 0.0909. The standard InChI is InChI=1S/C22H20FN3O2S/c23-20-9-5-4-8-19(20)21(27)25-16-10-12-17(13-11-16)26-22(29)24-14-15-28-18-6-2-1-3-7-18/h1-13H,14-15H2,(H,25,27)(H2,24,26,29). The maximum atomic E-state index is 13.7. The van der Waals surface area contributed by atoms with E-state index in [1.54, 1.807) is 30.3 Å². The molecule has 0 unspecified atom stereocenters. The van der Waals surface area contributed by atoms with Gasteiger partial charge in [-0.15, -0.1) is 0 Å². The molecule has 0 aliphatic carbocycles. The lowest BCUT2D eigenvalue weighted by Gasteiger charge is -2.12. The molecule has 0 bridgehead atoms. The van der Waals surface area contributed by atoms with Crippen molar-refractivity contribution in [3.05, 3.63) is 90.2 Å². The molecule has 0 aromatic heterocycles. The average Bonchev–Trinajstić information content (AvgIpc) is 2.74. The summed E-state index contributed by atoms with van der Waals surface area (Å²) in [6.07, 6.45) is 0. The molecule has 5 nitrogen and oxygen atoms in total. The fourth-order valence-electron chi connectivity index (χ4n) is 2.51. The molecule has 0 aliphatic heterocycles. The van der Waals surface area contributed by atoms with Crippen LogP contribution in [0.5, 0.6) is 5.75 Å². The molecular weight excluding hydrogens is 389 g/mol. The van der Waals surface area contributed by atoms with Gasteiger partial charge in [-0.2, -0.15) is 0 Å². The number of para-hydroxylation sites is 1. The van der Waals surface area contributed by atoms with Crippen molar-refractivity contribution in [2.45, 2.75) is 0 Å². The first-order valence-electron chi connectivity index (χ1n) is 9.00. The second-order valence-electron chi connectivity index (χ2n) is 6.05. The minimum absolute atomic E-state index is 0.00204. The van der Waals surface area contributed by atoms with Crippen molar-refractivity contribution in [3.63, 3.8) is 0 Å². The van der Waals surface area contributed by atoms with Crippen LogP contribution in [0.3, 0.4) is 0 Å². The van der Waals surface area contributed by atoms with Gasteiger partial charge in [0.1, 0.15) is 18.2 Å². The minimum Gasteiger partial charge on any atom is -0.492 e. The zero-order valence-electron chi connectivity index (χ0n) is 15.5. The van der Waals surface area contributed by atoms with Crippen LogP contribution in [0, 0.1) is 5.82 Å². The van der Waals surface area contributed by atoms with E-state index >= 15 is 0 Å². The minimum atomic E-state index is -0.559. The Bertz CT molecular complexity index is 965. The van der Waals surface area contributed by atoms with E-state index in [1.165, 1.54) is 18.2 Å². The number of amides is 1. The summed E-state index contributed by atoms with van der Waals surface area (Å²) in [7, 11) is 0. The molecule has 29 heavy (non-hydrogen) atoms. The van der Waals surface area contributed by atoms with Crippen LogP contribution >= 0.6 is 12.2 Å². The Labute approximate surface area is 173 Å². The molecule has 3 aromatic rings. The summed E-state index contributed by atoms with van der Waals surface area (Å²) in [4.78, 5) is 12.1. The Balaban J connectivity index is 1.43. The number of carbonyl (C=O) groups excluding carboxylic acids is 1. The van der Waals surface area contributed by atoms with E-state index in [0.717, 1.165) is 11.4 Å². The molecule has 0 radical (unpaired) electrons. The van der Waals surface area contributed by atoms with E-state index in [9.17, 15) is 9.18 Å². The molecule has 0 aliphatic rings. The maximum absolute atomic E-state index is 13.7. The smallest absolute Gasteiger partial charge is 0.258 e. The van der Waals surface area contributed by atoms with Crippen molar-refractivity contribution >= 4 is 34.6 Å². The number of nitrogens with one attached hydrogen (secondary N) is 3. The topological polar surface area (TPSA) is 62.4 Å². The third-order valence-electron chi connectivity index (χ3n) is 3.92. The van der Waals surface area contributed by atoms with Gasteiger partial charge < -0.3 is 20.7 Å². The van der Waals surface area contributed by atoms with Crippen molar-refractivity contribution in [2.24, 2.45) is 0 Å². The van der Waals surface area contributed by atoms with Crippen LogP contribution in [0.2, 0.25) is 0 Å². The average molecular weight is 409 g/mol. The highest BCUT2D eigenvalue weighted by molar-refractivity contribution is 7.80. The normalized spacial score (nSPS) is 10.1. The van der Waals surface area contributed by atoms with E-state index in [2.05, 4.69) is 16.0 Å². The van der Waals surface area contributed by atoms with Gasteiger partial charge in [-0.3, -0.25) is 4.79 Å². The summed E-state index contributed by atoms with van der Waals surface area (Å²) in [5.41, 5.74) is 1.31. The number of rotatable bonds is 7. The zero-order valence-corrected chi connectivity index (χ0v) is 16.3. The number of halogens is 1. The van der Waals surface area contributed by atoms with Gasteiger partial charge in [0.05, 0.1) is 12.1 Å². The van der Waals surface area contributed by atoms with E-state index in [-0.39, 0.29) is 5.56 Å². The quantitative estimate of drug-likeness (QED) is 0.398. The summed E-state index contributed by atoms with van der Waals surface area (Å²) in [5.74, 6) is -0.253. The van der Waals surface area contributed by atoms with E-state index in [1.807, 2.05) is 30.3 Å². The third kappa shape index (κ3) is 6.29. The molecule has 3 aromatic carbocycles. The van der Waals surface area contributed by atoms with Gasteiger partial charge in [-0.05, 0) is 60.7 Å². The maximum Gasteiger partial charge on any atom is 0.258 e. The van der Waals surface area contributed by atoms with Crippen molar-refractivity contribution < 1.29 is 13.9 Å². The van der Waals surface area contributed by atoms with Crippen LogP contribution in [0.25, 0.3) is 0 Å². The molecular formula is C22H20FN3O2S. The third-order valence-corrected chi connectivity index (χ3v) is 4.17. The van der Waals surface area contributed by atoms with Crippen LogP contribution in [0.4, 0.5) is 15.8 Å². The summed E-state index contributed by atoms with van der Waals surface area (Å²) >= 11 is 5.26. The largest absolute Gasteiger partial charge is 0.492 e. The Morgan fingerprint density at radius 3 is 2.17 bits per heavy atom. The highest BCUT2D eigenvalue weighted by atomic mass is 32.1. The first kappa shape index (κ1) is 20.3. The van der Waals surface area contributed by atoms with Crippen LogP contribution < -0.4 is 20.7 Å². The lowest BCUT2D eigenvalue weighted by Crippen LogP contribution is -2.31. The highest BCUT2D eigenvalue weighted by Crippen LogP contribution is 2.16. The monoisotopic (exact) mass is 409 g/mol. The van der Waals surface area contributed by atoms with Gasteiger partial charge in [-0.1, -0.05) is 30.3 Å². The van der Waals surface area contributed by atoms with Crippen molar-refractivity contribution in [3.8, 4) is 5.75 Å². The predicted octanol–water partition coefficient (Wildman–Crippen LogP) is 4.44. The predicted molar refractivity (Wildman–Crippen MR) is 117 cm³/mol. The lowest BCUT2D eigenvalue weighted by atomic mass is 10.2. The molecule has 0 atom stereocenters. The molecule has 0 saturated heterocycles. The summed E-state index contributed by atoms with van der Waals surface area (Å²) < 4.78 is 19.3. The summed E-state index contributed by atoms with van der Waals surface area (Å²) in [5, 5.41) is 9.24. The van der Waals surface area contributed by atoms with Gasteiger partial charge in [0.25, 0.3) is 5.91 Å². The van der Waals surface area contributed by atoms with Crippen molar-refractivity contribution in [1.82, 2.24) is 5.32 Å². The summed E-state index contributed by atoms with van der Waals surface area (Å²) in [6.45, 7) is 1.03. The Kier molecular flexibility index (Phi) is 7.13. The molecule has 0 saturated carbocycles. The first-order chi connectivity index (χ1) is 14.1. The molecule has 3 N–H and O–H groups in total. The number of hydrogen-bond donors (Lipinski definition) is 3. The number of hydrogen-bond acceptors (Lipinski definition) is 3. The van der Waals surface area contributed by atoms with E-state index < -0.39 is 11.7 Å². The summed E-state index contributed by atoms with van der Waals surface area (Å²) in [6, 6.07) is 22.3. The van der Waals surface area contributed by atoms with Gasteiger partial charge in [0.2, 0.25) is 0 Å². The second kappa shape index (κ2) is 10.2. The number of benzene rings is 3.